The summed E-state index contributed by atoms with van der Waals surface area (Å²) in [6.07, 6.45) is 8.00. The van der Waals surface area contributed by atoms with Crippen molar-refractivity contribution in [2.75, 3.05) is 20.6 Å². The Balaban J connectivity index is 0.00000132. The summed E-state index contributed by atoms with van der Waals surface area (Å²) in [5.41, 5.74) is 3.39. The molecule has 1 N–H and O–H groups in total. The number of phenolic OH excluding ortho intramolecular Hbond substituents is 1. The third-order valence-electron chi connectivity index (χ3n) is 6.65. The lowest BCUT2D eigenvalue weighted by Gasteiger charge is -2.60. The molecule has 21 heavy (non-hydrogen) atoms. The number of phenols is 1. The molecule has 2 fully saturated rings. The van der Waals surface area contributed by atoms with Crippen LogP contribution < -0.4 is 24.0 Å². The molecule has 4 rings (SSSR count). The van der Waals surface area contributed by atoms with Crippen molar-refractivity contribution in [3.05, 3.63) is 29.3 Å². The van der Waals surface area contributed by atoms with Crippen LogP contribution in [0, 0.1) is 5.92 Å². The summed E-state index contributed by atoms with van der Waals surface area (Å²) < 4.78 is 1.19. The Morgan fingerprint density at radius 1 is 1.19 bits per heavy atom. The van der Waals surface area contributed by atoms with Gasteiger partial charge in [-0.1, -0.05) is 18.9 Å². The van der Waals surface area contributed by atoms with E-state index in [-0.39, 0.29) is 24.0 Å². The number of likely N-dealkylation sites (tertiary alicyclic amines) is 1. The quantitative estimate of drug-likeness (QED) is 0.489. The molecule has 0 aromatic heterocycles. The molecule has 3 atom stereocenters. The molecule has 1 aromatic rings. The van der Waals surface area contributed by atoms with Crippen molar-refractivity contribution in [3.8, 4) is 5.75 Å². The van der Waals surface area contributed by atoms with Gasteiger partial charge in [0.25, 0.3) is 0 Å². The maximum Gasteiger partial charge on any atom is 0.115 e. The molecule has 1 aliphatic heterocycles. The highest BCUT2D eigenvalue weighted by Crippen LogP contribution is 2.57. The van der Waals surface area contributed by atoms with Gasteiger partial charge in [-0.25, -0.2) is 0 Å². The summed E-state index contributed by atoms with van der Waals surface area (Å²) in [5.74, 6) is 1.29. The number of rotatable bonds is 0. The third kappa shape index (κ3) is 2.14. The zero-order chi connectivity index (χ0) is 14.0. The summed E-state index contributed by atoms with van der Waals surface area (Å²) in [6, 6.07) is 6.94. The summed E-state index contributed by atoms with van der Waals surface area (Å²) in [7, 11) is 4.85. The van der Waals surface area contributed by atoms with Gasteiger partial charge in [-0.05, 0) is 36.1 Å². The van der Waals surface area contributed by atoms with Crippen molar-refractivity contribution in [1.82, 2.24) is 0 Å². The normalized spacial score (nSPS) is 36.1. The number of piperidine rings is 1. The van der Waals surface area contributed by atoms with Crippen LogP contribution in [0.15, 0.2) is 18.2 Å². The van der Waals surface area contributed by atoms with Crippen molar-refractivity contribution < 1.29 is 33.6 Å². The predicted octanol–water partition coefficient (Wildman–Crippen LogP) is 0.229. The second kappa shape index (κ2) is 5.12. The molecule has 2 aliphatic carbocycles. The minimum Gasteiger partial charge on any atom is -1.00 e. The largest absolute Gasteiger partial charge is 1.00 e. The molecule has 116 valence electrons. The third-order valence-corrected chi connectivity index (χ3v) is 6.65. The van der Waals surface area contributed by atoms with Crippen molar-refractivity contribution in [2.45, 2.75) is 50.0 Å². The van der Waals surface area contributed by atoms with Crippen LogP contribution in [-0.2, 0) is 11.8 Å². The van der Waals surface area contributed by atoms with Gasteiger partial charge in [-0.2, -0.15) is 0 Å². The Morgan fingerprint density at radius 2 is 2.00 bits per heavy atom. The Labute approximate surface area is 145 Å². The van der Waals surface area contributed by atoms with E-state index in [1.54, 1.807) is 0 Å². The molecule has 1 heterocycles. The number of likely N-dealkylation sites (N-methyl/N-ethyl adjacent to an activating group) is 1. The molecule has 1 saturated carbocycles. The number of nitrogens with zero attached hydrogens (tertiary/aromatic N) is 1. The van der Waals surface area contributed by atoms with Gasteiger partial charge in [0.1, 0.15) is 5.75 Å². The van der Waals surface area contributed by atoms with Crippen molar-refractivity contribution in [2.24, 2.45) is 5.92 Å². The first-order chi connectivity index (χ1) is 9.53. The van der Waals surface area contributed by atoms with Crippen LogP contribution in [-0.4, -0.2) is 36.3 Å². The molecule has 2 nitrogen and oxygen atoms in total. The minimum atomic E-state index is 0. The molecular formula is C18H26INO. The topological polar surface area (TPSA) is 20.2 Å². The summed E-state index contributed by atoms with van der Waals surface area (Å²) in [5, 5.41) is 9.97. The highest BCUT2D eigenvalue weighted by atomic mass is 127. The van der Waals surface area contributed by atoms with Gasteiger partial charge < -0.3 is 33.6 Å². The van der Waals surface area contributed by atoms with E-state index in [9.17, 15) is 5.11 Å². The summed E-state index contributed by atoms with van der Waals surface area (Å²) in [6.45, 7) is 1.29. The molecule has 0 spiro atoms. The SMILES string of the molecule is C[N+]1(C)CC[C@]23CCCC[C@H]2[C@H]1Cc1ccc(O)cc13.[I-]. The second-order valence-corrected chi connectivity index (χ2v) is 7.87. The van der Waals surface area contributed by atoms with Gasteiger partial charge in [-0.15, -0.1) is 0 Å². The standard InChI is InChI=1S/C18H25NO.HI/c1-19(2)10-9-18-8-4-3-5-15(18)17(19)11-13-6-7-14(20)12-16(13)18;/h6-7,12,15,17H,3-5,8-11H2,1-2H3;1H/t15-,17+,18+;/m0./s1. The first kappa shape index (κ1) is 15.6. The van der Waals surface area contributed by atoms with Crippen molar-refractivity contribution >= 4 is 0 Å². The van der Waals surface area contributed by atoms with Crippen LogP contribution >= 0.6 is 0 Å². The van der Waals surface area contributed by atoms with E-state index in [0.717, 1.165) is 12.0 Å². The predicted molar refractivity (Wildman–Crippen MR) is 80.8 cm³/mol. The minimum absolute atomic E-state index is 0. The molecule has 2 bridgehead atoms. The van der Waals surface area contributed by atoms with Gasteiger partial charge in [0, 0.05) is 24.2 Å². The fraction of sp³-hybridized carbons (Fsp3) is 0.667. The molecule has 1 saturated heterocycles. The van der Waals surface area contributed by atoms with Gasteiger partial charge in [-0.3, -0.25) is 0 Å². The monoisotopic (exact) mass is 399 g/mol. The van der Waals surface area contributed by atoms with Crippen LogP contribution in [0.2, 0.25) is 0 Å². The lowest BCUT2D eigenvalue weighted by Crippen LogP contribution is -3.00. The van der Waals surface area contributed by atoms with E-state index < -0.39 is 0 Å². The fourth-order valence-electron chi connectivity index (χ4n) is 5.57. The smallest absolute Gasteiger partial charge is 0.115 e. The van der Waals surface area contributed by atoms with E-state index in [0.29, 0.717) is 11.2 Å². The average molecular weight is 399 g/mol. The number of fused-ring (bicyclic) bond motifs is 1. The van der Waals surface area contributed by atoms with Crippen LogP contribution in [0.4, 0.5) is 0 Å². The van der Waals surface area contributed by atoms with E-state index in [4.69, 9.17) is 0 Å². The average Bonchev–Trinajstić information content (AvgIpc) is 2.44. The van der Waals surface area contributed by atoms with Crippen LogP contribution in [0.3, 0.4) is 0 Å². The Morgan fingerprint density at radius 3 is 2.81 bits per heavy atom. The number of hydrogen-bond donors (Lipinski definition) is 1. The highest BCUT2D eigenvalue weighted by Gasteiger charge is 2.57. The number of aromatic hydroxyl groups is 1. The van der Waals surface area contributed by atoms with Gasteiger partial charge >= 0.3 is 0 Å². The zero-order valence-corrected chi connectivity index (χ0v) is 15.3. The van der Waals surface area contributed by atoms with Gasteiger partial charge in [0.2, 0.25) is 0 Å². The molecule has 3 heteroatoms. The fourth-order valence-corrected chi connectivity index (χ4v) is 5.57. The van der Waals surface area contributed by atoms with Crippen LogP contribution in [0.1, 0.15) is 43.2 Å². The number of hydrogen-bond acceptors (Lipinski definition) is 1. The van der Waals surface area contributed by atoms with E-state index >= 15 is 0 Å². The van der Waals surface area contributed by atoms with Crippen molar-refractivity contribution in [1.29, 1.82) is 0 Å². The van der Waals surface area contributed by atoms with Crippen LogP contribution in [0.25, 0.3) is 0 Å². The van der Waals surface area contributed by atoms with E-state index in [2.05, 4.69) is 26.2 Å². The molecule has 3 aliphatic rings. The molecule has 0 amide bonds. The molecular weight excluding hydrogens is 373 g/mol. The number of halogens is 1. The lowest BCUT2D eigenvalue weighted by atomic mass is 9.52. The van der Waals surface area contributed by atoms with E-state index in [1.165, 1.54) is 60.7 Å². The Kier molecular flexibility index (Phi) is 3.80. The highest BCUT2D eigenvalue weighted by molar-refractivity contribution is 5.44. The summed E-state index contributed by atoms with van der Waals surface area (Å²) >= 11 is 0. The van der Waals surface area contributed by atoms with Crippen molar-refractivity contribution in [3.63, 3.8) is 0 Å². The number of benzene rings is 1. The number of quaternary nitrogens is 1. The maximum absolute atomic E-state index is 9.97. The molecule has 1 aromatic carbocycles. The first-order valence-corrected chi connectivity index (χ1v) is 8.18. The molecule has 0 radical (unpaired) electrons. The second-order valence-electron chi connectivity index (χ2n) is 7.87. The van der Waals surface area contributed by atoms with Gasteiger partial charge in [0.15, 0.2) is 0 Å². The Hall–Kier alpha value is -0.290. The summed E-state index contributed by atoms with van der Waals surface area (Å²) in [4.78, 5) is 0. The molecule has 0 unspecified atom stereocenters. The van der Waals surface area contributed by atoms with Gasteiger partial charge in [0.05, 0.1) is 26.7 Å². The maximum atomic E-state index is 9.97. The zero-order valence-electron chi connectivity index (χ0n) is 13.1. The Bertz CT molecular complexity index is 556. The first-order valence-electron chi connectivity index (χ1n) is 8.18. The van der Waals surface area contributed by atoms with E-state index in [1.807, 2.05) is 6.07 Å². The lowest BCUT2D eigenvalue weighted by molar-refractivity contribution is -0.927. The van der Waals surface area contributed by atoms with Crippen LogP contribution in [0.5, 0.6) is 5.75 Å².